The second-order valence-electron chi connectivity index (χ2n) is 10.0. The first-order valence-electron chi connectivity index (χ1n) is 12.0. The van der Waals surface area contributed by atoms with Gasteiger partial charge in [-0.2, -0.15) is 13.2 Å². The second kappa shape index (κ2) is 12.2. The minimum atomic E-state index is -4.60. The third-order valence-corrected chi connectivity index (χ3v) is 6.08. The number of nitrogens with one attached hydrogen (secondary N) is 3. The number of hydrogen-bond acceptors (Lipinski definition) is 4. The maximum Gasteiger partial charge on any atom is 0.416 e. The Morgan fingerprint density at radius 3 is 2.24 bits per heavy atom. The van der Waals surface area contributed by atoms with E-state index in [-0.39, 0.29) is 5.56 Å². The smallest absolute Gasteiger partial charge is 0.368 e. The Morgan fingerprint density at radius 1 is 1.03 bits per heavy atom. The zero-order chi connectivity index (χ0) is 28.0. The van der Waals surface area contributed by atoms with Crippen molar-refractivity contribution in [2.45, 2.75) is 65.8 Å². The molecule has 10 heteroatoms. The fraction of sp³-hybridized carbons (Fsp3) is 0.444. The molecule has 0 heterocycles. The Balaban J connectivity index is 2.09. The molecule has 2 aromatic rings. The number of alkyl halides is 3. The van der Waals surface area contributed by atoms with Crippen molar-refractivity contribution < 1.29 is 27.6 Å². The summed E-state index contributed by atoms with van der Waals surface area (Å²) < 4.78 is 38.8. The number of carbonyl (C=O) groups is 3. The maximum atomic E-state index is 12.9. The van der Waals surface area contributed by atoms with Gasteiger partial charge in [-0.25, -0.2) is 0 Å². The fourth-order valence-corrected chi connectivity index (χ4v) is 3.96. The molecule has 0 aliphatic heterocycles. The van der Waals surface area contributed by atoms with E-state index in [1.165, 1.54) is 11.6 Å². The summed E-state index contributed by atoms with van der Waals surface area (Å²) in [5.74, 6) is -2.32. The molecule has 0 bridgehead atoms. The summed E-state index contributed by atoms with van der Waals surface area (Å²) in [7, 11) is 0. The van der Waals surface area contributed by atoms with Gasteiger partial charge in [-0.05, 0) is 53.6 Å². The monoisotopic (exact) mass is 520 g/mol. The molecule has 2 atom stereocenters. The number of benzene rings is 2. The maximum absolute atomic E-state index is 12.9. The molecule has 2 rings (SSSR count). The lowest BCUT2D eigenvalue weighted by atomic mass is 9.81. The van der Waals surface area contributed by atoms with E-state index in [0.29, 0.717) is 12.6 Å². The lowest BCUT2D eigenvalue weighted by molar-refractivity contribution is -0.137. The van der Waals surface area contributed by atoms with Crippen LogP contribution in [0.4, 0.5) is 13.2 Å². The van der Waals surface area contributed by atoms with Gasteiger partial charge in [-0.15, -0.1) is 0 Å². The molecular formula is C27H35F3N4O3. The minimum Gasteiger partial charge on any atom is -0.368 e. The lowest BCUT2D eigenvalue weighted by Crippen LogP contribution is -2.61. The highest BCUT2D eigenvalue weighted by atomic mass is 19.4. The van der Waals surface area contributed by atoms with Crippen LogP contribution in [-0.2, 0) is 28.7 Å². The fourth-order valence-electron chi connectivity index (χ4n) is 3.96. The van der Waals surface area contributed by atoms with E-state index in [2.05, 4.69) is 28.9 Å². The molecule has 0 aliphatic carbocycles. The second-order valence-corrected chi connectivity index (χ2v) is 10.0. The lowest BCUT2D eigenvalue weighted by Gasteiger charge is -2.37. The molecule has 0 saturated carbocycles. The van der Waals surface area contributed by atoms with Crippen LogP contribution < -0.4 is 21.7 Å². The first-order chi connectivity index (χ1) is 17.1. The Hall–Kier alpha value is -3.40. The van der Waals surface area contributed by atoms with Crippen LogP contribution >= 0.6 is 0 Å². The summed E-state index contributed by atoms with van der Waals surface area (Å²) in [6.45, 7) is 9.66. The van der Waals surface area contributed by atoms with Crippen LogP contribution in [0, 0.1) is 12.3 Å². The van der Waals surface area contributed by atoms with E-state index < -0.39 is 53.5 Å². The molecule has 0 saturated heterocycles. The van der Waals surface area contributed by atoms with Gasteiger partial charge in [0.2, 0.25) is 11.8 Å². The van der Waals surface area contributed by atoms with Gasteiger partial charge in [0.25, 0.3) is 5.91 Å². The van der Waals surface area contributed by atoms with E-state index in [4.69, 9.17) is 5.73 Å². The molecule has 0 fully saturated rings. The summed E-state index contributed by atoms with van der Waals surface area (Å²) in [4.78, 5) is 37.3. The SMILES string of the molecule is CCc1ccc(CNC(C(NC(=O)CNC(=O)c2cccc(C(F)(F)F)c2)C(N)=O)C(C)(C)C)c(C)c1. The van der Waals surface area contributed by atoms with Crippen molar-refractivity contribution >= 4 is 17.7 Å². The summed E-state index contributed by atoms with van der Waals surface area (Å²) in [5.41, 5.74) is 7.27. The molecule has 0 radical (unpaired) electrons. The van der Waals surface area contributed by atoms with Crippen molar-refractivity contribution in [3.8, 4) is 0 Å². The van der Waals surface area contributed by atoms with Crippen molar-refractivity contribution in [2.24, 2.45) is 11.1 Å². The number of hydrogen-bond donors (Lipinski definition) is 4. The number of nitrogens with two attached hydrogens (primary N) is 1. The van der Waals surface area contributed by atoms with Crippen LogP contribution in [0.3, 0.4) is 0 Å². The standard InChI is InChI=1S/C27H35F3N4O3/c1-6-17-10-11-19(16(2)12-17)14-32-23(26(3,4)5)22(24(31)36)34-21(35)15-33-25(37)18-8-7-9-20(13-18)27(28,29)30/h7-13,22-23,32H,6,14-15H2,1-5H3,(H2,31,36)(H,33,37)(H,34,35). The van der Waals surface area contributed by atoms with Crippen LogP contribution in [0.1, 0.15) is 60.3 Å². The van der Waals surface area contributed by atoms with Crippen LogP contribution in [-0.4, -0.2) is 36.3 Å². The Morgan fingerprint density at radius 2 is 1.70 bits per heavy atom. The first-order valence-corrected chi connectivity index (χ1v) is 12.0. The first kappa shape index (κ1) is 29.8. The van der Waals surface area contributed by atoms with E-state index in [9.17, 15) is 27.6 Å². The Labute approximate surface area is 215 Å². The highest BCUT2D eigenvalue weighted by Gasteiger charge is 2.36. The van der Waals surface area contributed by atoms with Gasteiger partial charge in [0, 0.05) is 18.2 Å². The summed E-state index contributed by atoms with van der Waals surface area (Å²) in [5, 5.41) is 8.19. The number of carbonyl (C=O) groups excluding carboxylic acids is 3. The van der Waals surface area contributed by atoms with E-state index in [1.807, 2.05) is 39.8 Å². The predicted molar refractivity (Wildman–Crippen MR) is 136 cm³/mol. The normalized spacial score (nSPS) is 13.5. The predicted octanol–water partition coefficient (Wildman–Crippen LogP) is 3.48. The van der Waals surface area contributed by atoms with Gasteiger partial charge in [-0.3, -0.25) is 14.4 Å². The van der Waals surface area contributed by atoms with Crippen LogP contribution in [0.25, 0.3) is 0 Å². The largest absolute Gasteiger partial charge is 0.416 e. The third-order valence-electron chi connectivity index (χ3n) is 6.08. The van der Waals surface area contributed by atoms with Crippen LogP contribution in [0.2, 0.25) is 0 Å². The highest BCUT2D eigenvalue weighted by molar-refractivity contribution is 5.97. The highest BCUT2D eigenvalue weighted by Crippen LogP contribution is 2.29. The van der Waals surface area contributed by atoms with E-state index in [1.54, 1.807) is 0 Å². The molecular weight excluding hydrogens is 485 g/mol. The van der Waals surface area contributed by atoms with Gasteiger partial charge in [-0.1, -0.05) is 52.0 Å². The summed E-state index contributed by atoms with van der Waals surface area (Å²) in [6.07, 6.45) is -3.69. The van der Waals surface area contributed by atoms with Gasteiger partial charge < -0.3 is 21.7 Å². The number of aryl methyl sites for hydroxylation is 2. The van der Waals surface area contributed by atoms with Gasteiger partial charge in [0.05, 0.1) is 12.1 Å². The quantitative estimate of drug-likeness (QED) is 0.384. The zero-order valence-corrected chi connectivity index (χ0v) is 21.8. The van der Waals surface area contributed by atoms with Crippen molar-refractivity contribution in [1.29, 1.82) is 0 Å². The Kier molecular flexibility index (Phi) is 9.86. The topological polar surface area (TPSA) is 113 Å². The number of rotatable bonds is 10. The van der Waals surface area contributed by atoms with Crippen molar-refractivity contribution in [3.05, 3.63) is 70.3 Å². The van der Waals surface area contributed by atoms with Crippen LogP contribution in [0.5, 0.6) is 0 Å². The van der Waals surface area contributed by atoms with Gasteiger partial charge in [0.15, 0.2) is 0 Å². The molecule has 0 spiro atoms. The third kappa shape index (κ3) is 8.59. The number of amides is 3. The van der Waals surface area contributed by atoms with Gasteiger partial charge in [0.1, 0.15) is 6.04 Å². The van der Waals surface area contributed by atoms with Crippen molar-refractivity contribution in [2.75, 3.05) is 6.54 Å². The molecule has 3 amide bonds. The molecule has 0 aliphatic rings. The number of primary amides is 1. The molecule has 7 nitrogen and oxygen atoms in total. The minimum absolute atomic E-state index is 0.243. The molecule has 0 aromatic heterocycles. The van der Waals surface area contributed by atoms with E-state index >= 15 is 0 Å². The average molecular weight is 521 g/mol. The Bertz CT molecular complexity index is 1130. The summed E-state index contributed by atoms with van der Waals surface area (Å²) >= 11 is 0. The average Bonchev–Trinajstić information content (AvgIpc) is 2.81. The number of halogens is 3. The van der Waals surface area contributed by atoms with Gasteiger partial charge >= 0.3 is 6.18 Å². The molecule has 5 N–H and O–H groups in total. The molecule has 2 aromatic carbocycles. The van der Waals surface area contributed by atoms with Crippen molar-refractivity contribution in [3.63, 3.8) is 0 Å². The van der Waals surface area contributed by atoms with E-state index in [0.717, 1.165) is 29.7 Å². The van der Waals surface area contributed by atoms with Crippen LogP contribution in [0.15, 0.2) is 42.5 Å². The van der Waals surface area contributed by atoms with Crippen molar-refractivity contribution in [1.82, 2.24) is 16.0 Å². The molecule has 2 unspecified atom stereocenters. The molecule has 202 valence electrons. The summed E-state index contributed by atoms with van der Waals surface area (Å²) in [6, 6.07) is 8.36. The molecule has 37 heavy (non-hydrogen) atoms. The zero-order valence-electron chi connectivity index (χ0n) is 21.8.